The van der Waals surface area contributed by atoms with Crippen molar-refractivity contribution in [1.82, 2.24) is 5.32 Å². The van der Waals surface area contributed by atoms with E-state index in [1.807, 2.05) is 0 Å². The topological polar surface area (TPSA) is 93.5 Å². The number of ketones is 1. The molecule has 2 fully saturated rings. The van der Waals surface area contributed by atoms with Crippen LogP contribution in [0.5, 0.6) is 5.75 Å². The summed E-state index contributed by atoms with van der Waals surface area (Å²) in [6.45, 7) is 1.87. The SMILES string of the molecule is COc1ccc(NC[C@]2(C(=O)C3CC3)CCNC2)c([N+](=O)[O-])c1. The van der Waals surface area contributed by atoms with Crippen LogP contribution in [0.3, 0.4) is 0 Å². The molecule has 23 heavy (non-hydrogen) atoms. The van der Waals surface area contributed by atoms with Crippen molar-refractivity contribution in [2.24, 2.45) is 11.3 Å². The van der Waals surface area contributed by atoms with Crippen molar-refractivity contribution < 1.29 is 14.5 Å². The number of anilines is 1. The van der Waals surface area contributed by atoms with Gasteiger partial charge in [0.2, 0.25) is 0 Å². The van der Waals surface area contributed by atoms with E-state index >= 15 is 0 Å². The Morgan fingerprint density at radius 3 is 2.87 bits per heavy atom. The summed E-state index contributed by atoms with van der Waals surface area (Å²) in [5, 5.41) is 17.6. The molecule has 1 atom stereocenters. The number of Topliss-reactive ketones (excluding diaryl/α,β-unsaturated/α-hetero) is 1. The minimum Gasteiger partial charge on any atom is -0.496 e. The Balaban J connectivity index is 1.78. The molecule has 2 N–H and O–H groups in total. The van der Waals surface area contributed by atoms with Crippen LogP contribution in [0.25, 0.3) is 0 Å². The van der Waals surface area contributed by atoms with Crippen molar-refractivity contribution in [3.05, 3.63) is 28.3 Å². The van der Waals surface area contributed by atoms with Crippen molar-refractivity contribution >= 4 is 17.2 Å². The van der Waals surface area contributed by atoms with E-state index in [0.29, 0.717) is 30.3 Å². The fourth-order valence-corrected chi connectivity index (χ4v) is 3.17. The fourth-order valence-electron chi connectivity index (χ4n) is 3.17. The van der Waals surface area contributed by atoms with Gasteiger partial charge in [-0.1, -0.05) is 0 Å². The van der Waals surface area contributed by atoms with Crippen molar-refractivity contribution in [3.63, 3.8) is 0 Å². The molecule has 0 aromatic heterocycles. The number of benzene rings is 1. The molecule has 1 saturated carbocycles. The molecule has 7 heteroatoms. The lowest BCUT2D eigenvalue weighted by atomic mass is 9.80. The third-order valence-corrected chi connectivity index (χ3v) is 4.73. The predicted octanol–water partition coefficient (Wildman–Crippen LogP) is 1.97. The second-order valence-electron chi connectivity index (χ2n) is 6.34. The van der Waals surface area contributed by atoms with Crippen molar-refractivity contribution in [3.8, 4) is 5.75 Å². The van der Waals surface area contributed by atoms with E-state index in [4.69, 9.17) is 4.74 Å². The highest BCUT2D eigenvalue weighted by atomic mass is 16.6. The molecular formula is C16H21N3O4. The molecule has 0 radical (unpaired) electrons. The van der Waals surface area contributed by atoms with E-state index < -0.39 is 10.3 Å². The van der Waals surface area contributed by atoms with E-state index in [-0.39, 0.29) is 11.6 Å². The summed E-state index contributed by atoms with van der Waals surface area (Å²) in [6.07, 6.45) is 2.73. The number of hydrogen-bond acceptors (Lipinski definition) is 6. The van der Waals surface area contributed by atoms with E-state index in [0.717, 1.165) is 25.8 Å². The van der Waals surface area contributed by atoms with Gasteiger partial charge in [-0.2, -0.15) is 0 Å². The van der Waals surface area contributed by atoms with E-state index in [1.165, 1.54) is 13.2 Å². The molecule has 3 rings (SSSR count). The predicted molar refractivity (Wildman–Crippen MR) is 85.8 cm³/mol. The van der Waals surface area contributed by atoms with Gasteiger partial charge in [-0.05, 0) is 37.9 Å². The number of carbonyl (C=O) groups is 1. The fraction of sp³-hybridized carbons (Fsp3) is 0.562. The first-order valence-corrected chi connectivity index (χ1v) is 7.87. The molecule has 1 aromatic rings. The van der Waals surface area contributed by atoms with Gasteiger partial charge in [0.1, 0.15) is 17.2 Å². The molecular weight excluding hydrogens is 298 g/mol. The molecule has 1 aliphatic heterocycles. The van der Waals surface area contributed by atoms with Crippen LogP contribution in [0, 0.1) is 21.4 Å². The van der Waals surface area contributed by atoms with Crippen LogP contribution in [0.4, 0.5) is 11.4 Å². The molecule has 0 bridgehead atoms. The Hall–Kier alpha value is -2.15. The molecule has 1 saturated heterocycles. The number of nitrogens with one attached hydrogen (secondary N) is 2. The highest BCUT2D eigenvalue weighted by Gasteiger charge is 2.47. The lowest BCUT2D eigenvalue weighted by Gasteiger charge is -2.27. The summed E-state index contributed by atoms with van der Waals surface area (Å²) in [6, 6.07) is 4.71. The summed E-state index contributed by atoms with van der Waals surface area (Å²) in [7, 11) is 1.47. The Morgan fingerprint density at radius 1 is 1.52 bits per heavy atom. The zero-order chi connectivity index (χ0) is 16.4. The zero-order valence-corrected chi connectivity index (χ0v) is 13.1. The lowest BCUT2D eigenvalue weighted by Crippen LogP contribution is -2.41. The van der Waals surface area contributed by atoms with Gasteiger partial charge in [-0.15, -0.1) is 0 Å². The third-order valence-electron chi connectivity index (χ3n) is 4.73. The monoisotopic (exact) mass is 319 g/mol. The largest absolute Gasteiger partial charge is 0.496 e. The standard InChI is InChI=1S/C16H21N3O4/c1-23-12-4-5-13(14(8-12)19(21)22)18-10-16(6-7-17-9-16)15(20)11-2-3-11/h4-5,8,11,17-18H,2-3,6-7,9-10H2,1H3/t16-/m0/s1. The van der Waals surface area contributed by atoms with Crippen molar-refractivity contribution in [2.75, 3.05) is 32.1 Å². The van der Waals surface area contributed by atoms with Gasteiger partial charge in [0.15, 0.2) is 0 Å². The lowest BCUT2D eigenvalue weighted by molar-refractivity contribution is -0.384. The van der Waals surface area contributed by atoms with Gasteiger partial charge in [-0.25, -0.2) is 0 Å². The first-order valence-electron chi connectivity index (χ1n) is 7.87. The Morgan fingerprint density at radius 2 is 2.30 bits per heavy atom. The van der Waals surface area contributed by atoms with Crippen LogP contribution in [0.2, 0.25) is 0 Å². The minimum atomic E-state index is -0.449. The minimum absolute atomic E-state index is 0.0377. The molecule has 1 aromatic carbocycles. The van der Waals surface area contributed by atoms with Crippen LogP contribution < -0.4 is 15.4 Å². The molecule has 1 aliphatic carbocycles. The normalized spacial score (nSPS) is 23.5. The van der Waals surface area contributed by atoms with Crippen LogP contribution in [-0.2, 0) is 4.79 Å². The average Bonchev–Trinajstić information content (AvgIpc) is 3.30. The molecule has 1 heterocycles. The number of nitro benzene ring substituents is 1. The second-order valence-corrected chi connectivity index (χ2v) is 6.34. The maximum Gasteiger partial charge on any atom is 0.296 e. The molecule has 0 spiro atoms. The Kier molecular flexibility index (Phi) is 4.21. The number of methoxy groups -OCH3 is 1. The molecule has 7 nitrogen and oxygen atoms in total. The van der Waals surface area contributed by atoms with Crippen molar-refractivity contribution in [1.29, 1.82) is 0 Å². The van der Waals surface area contributed by atoms with Crippen molar-refractivity contribution in [2.45, 2.75) is 19.3 Å². The second kappa shape index (κ2) is 6.16. The van der Waals surface area contributed by atoms with Crippen LogP contribution in [0.15, 0.2) is 18.2 Å². The van der Waals surface area contributed by atoms with E-state index in [2.05, 4.69) is 10.6 Å². The maximum atomic E-state index is 12.6. The summed E-state index contributed by atoms with van der Waals surface area (Å²) >= 11 is 0. The summed E-state index contributed by atoms with van der Waals surface area (Å²) in [5.74, 6) is 0.919. The number of hydrogen-bond donors (Lipinski definition) is 2. The molecule has 2 aliphatic rings. The summed E-state index contributed by atoms with van der Waals surface area (Å²) in [5.41, 5.74) is -0.0652. The number of nitro groups is 1. The van der Waals surface area contributed by atoms with Gasteiger partial charge in [0, 0.05) is 19.0 Å². The molecule has 0 unspecified atom stereocenters. The van der Waals surface area contributed by atoms with Gasteiger partial charge in [0.25, 0.3) is 5.69 Å². The first-order chi connectivity index (χ1) is 11.1. The van der Waals surface area contributed by atoms with Crippen LogP contribution >= 0.6 is 0 Å². The summed E-state index contributed by atoms with van der Waals surface area (Å²) in [4.78, 5) is 23.4. The maximum absolute atomic E-state index is 12.6. The molecule has 0 amide bonds. The quantitative estimate of drug-likeness (QED) is 0.589. The molecule has 124 valence electrons. The smallest absolute Gasteiger partial charge is 0.296 e. The number of rotatable bonds is 7. The van der Waals surface area contributed by atoms with Gasteiger partial charge >= 0.3 is 0 Å². The third kappa shape index (κ3) is 3.14. The summed E-state index contributed by atoms with van der Waals surface area (Å²) < 4.78 is 5.04. The average molecular weight is 319 g/mol. The Labute approximate surface area is 134 Å². The van der Waals surface area contributed by atoms with E-state index in [9.17, 15) is 14.9 Å². The van der Waals surface area contributed by atoms with Crippen LogP contribution in [-0.4, -0.2) is 37.5 Å². The van der Waals surface area contributed by atoms with Gasteiger partial charge in [0.05, 0.1) is 23.5 Å². The van der Waals surface area contributed by atoms with Gasteiger partial charge < -0.3 is 15.4 Å². The zero-order valence-electron chi connectivity index (χ0n) is 13.1. The van der Waals surface area contributed by atoms with Gasteiger partial charge in [-0.3, -0.25) is 14.9 Å². The highest BCUT2D eigenvalue weighted by Crippen LogP contribution is 2.40. The number of carbonyl (C=O) groups excluding carboxylic acids is 1. The number of ether oxygens (including phenoxy) is 1. The Bertz CT molecular complexity index is 622. The van der Waals surface area contributed by atoms with Crippen LogP contribution in [0.1, 0.15) is 19.3 Å². The first kappa shape index (κ1) is 15.7. The number of nitrogens with zero attached hydrogens (tertiary/aromatic N) is 1. The highest BCUT2D eigenvalue weighted by molar-refractivity contribution is 5.90. The van der Waals surface area contributed by atoms with E-state index in [1.54, 1.807) is 12.1 Å².